The molecule has 86 valence electrons. The van der Waals surface area contributed by atoms with Gasteiger partial charge in [-0.1, -0.05) is 0 Å². The molecule has 17 heavy (non-hydrogen) atoms. The smallest absolute Gasteiger partial charge is 0.275 e. The Balaban J connectivity index is 2.14. The molecule has 0 saturated carbocycles. The van der Waals surface area contributed by atoms with E-state index in [4.69, 9.17) is 0 Å². The number of nitrogens with zero attached hydrogens (tertiary/aromatic N) is 3. The van der Waals surface area contributed by atoms with Gasteiger partial charge in [0.2, 0.25) is 0 Å². The maximum Gasteiger partial charge on any atom is 0.275 e. The fraction of sp³-hybridized carbons (Fsp3) is 0.0909. The average Bonchev–Trinajstić information content (AvgIpc) is 2.40. The number of pyridine rings is 1. The standard InChI is InChI=1S/C11H11N5O/c1-12-8-2-3-14-9(6-8)11(17)16-10-7-13-4-5-15-10/h2-7H,1H3,(H,12,14)(H,15,16,17). The van der Waals surface area contributed by atoms with Crippen molar-refractivity contribution in [3.63, 3.8) is 0 Å². The van der Waals surface area contributed by atoms with Crippen LogP contribution >= 0.6 is 0 Å². The van der Waals surface area contributed by atoms with E-state index in [1.165, 1.54) is 18.6 Å². The summed E-state index contributed by atoms with van der Waals surface area (Å²) >= 11 is 0. The van der Waals surface area contributed by atoms with Crippen LogP contribution in [0, 0.1) is 0 Å². The van der Waals surface area contributed by atoms with E-state index in [0.29, 0.717) is 11.5 Å². The lowest BCUT2D eigenvalue weighted by Gasteiger charge is -2.04. The Hall–Kier alpha value is -2.50. The van der Waals surface area contributed by atoms with Crippen molar-refractivity contribution < 1.29 is 4.79 Å². The first-order chi connectivity index (χ1) is 8.29. The molecule has 0 aliphatic heterocycles. The van der Waals surface area contributed by atoms with Gasteiger partial charge < -0.3 is 10.6 Å². The van der Waals surface area contributed by atoms with Crippen LogP contribution in [0.25, 0.3) is 0 Å². The summed E-state index contributed by atoms with van der Waals surface area (Å²) < 4.78 is 0. The molecule has 0 aromatic carbocycles. The second-order valence-corrected chi connectivity index (χ2v) is 3.22. The Kier molecular flexibility index (Phi) is 3.25. The van der Waals surface area contributed by atoms with Gasteiger partial charge in [-0.05, 0) is 12.1 Å². The highest BCUT2D eigenvalue weighted by Gasteiger charge is 2.08. The molecule has 2 aromatic heterocycles. The van der Waals surface area contributed by atoms with Gasteiger partial charge in [0.05, 0.1) is 6.20 Å². The molecule has 0 spiro atoms. The first-order valence-corrected chi connectivity index (χ1v) is 5.01. The van der Waals surface area contributed by atoms with Crippen molar-refractivity contribution in [2.45, 2.75) is 0 Å². The number of aromatic nitrogens is 3. The third-order valence-corrected chi connectivity index (χ3v) is 2.09. The van der Waals surface area contributed by atoms with E-state index >= 15 is 0 Å². The van der Waals surface area contributed by atoms with Gasteiger partial charge in [0.25, 0.3) is 5.91 Å². The van der Waals surface area contributed by atoms with Crippen LogP contribution in [-0.2, 0) is 0 Å². The predicted octanol–water partition coefficient (Wildman–Crippen LogP) is 1.17. The van der Waals surface area contributed by atoms with Gasteiger partial charge in [0, 0.05) is 31.3 Å². The Morgan fingerprint density at radius 1 is 1.24 bits per heavy atom. The molecular formula is C11H11N5O. The highest BCUT2D eigenvalue weighted by molar-refractivity contribution is 6.02. The number of hydrogen-bond acceptors (Lipinski definition) is 5. The second-order valence-electron chi connectivity index (χ2n) is 3.22. The van der Waals surface area contributed by atoms with Gasteiger partial charge in [-0.25, -0.2) is 4.98 Å². The summed E-state index contributed by atoms with van der Waals surface area (Å²) in [6, 6.07) is 3.44. The van der Waals surface area contributed by atoms with Gasteiger partial charge >= 0.3 is 0 Å². The number of carbonyl (C=O) groups is 1. The molecule has 0 radical (unpaired) electrons. The Morgan fingerprint density at radius 3 is 2.82 bits per heavy atom. The van der Waals surface area contributed by atoms with Gasteiger partial charge in [0.15, 0.2) is 5.82 Å². The van der Waals surface area contributed by atoms with E-state index in [-0.39, 0.29) is 5.91 Å². The van der Waals surface area contributed by atoms with Gasteiger partial charge in [-0.15, -0.1) is 0 Å². The molecule has 0 bridgehead atoms. The van der Waals surface area contributed by atoms with Crippen molar-refractivity contribution in [2.75, 3.05) is 17.7 Å². The highest BCUT2D eigenvalue weighted by atomic mass is 16.1. The quantitative estimate of drug-likeness (QED) is 0.825. The van der Waals surface area contributed by atoms with Crippen molar-refractivity contribution >= 4 is 17.4 Å². The van der Waals surface area contributed by atoms with Crippen LogP contribution in [0.1, 0.15) is 10.5 Å². The van der Waals surface area contributed by atoms with Crippen molar-refractivity contribution in [2.24, 2.45) is 0 Å². The van der Waals surface area contributed by atoms with E-state index in [1.807, 2.05) is 0 Å². The van der Waals surface area contributed by atoms with Crippen LogP contribution < -0.4 is 10.6 Å². The SMILES string of the molecule is CNc1ccnc(C(=O)Nc2cnccn2)c1. The molecule has 0 saturated heterocycles. The van der Waals surface area contributed by atoms with Crippen LogP contribution in [-0.4, -0.2) is 27.9 Å². The maximum absolute atomic E-state index is 11.8. The van der Waals surface area contributed by atoms with Crippen molar-refractivity contribution in [3.8, 4) is 0 Å². The van der Waals surface area contributed by atoms with Gasteiger partial charge in [-0.3, -0.25) is 14.8 Å². The zero-order chi connectivity index (χ0) is 12.1. The number of rotatable bonds is 3. The number of anilines is 2. The molecule has 0 aliphatic rings. The summed E-state index contributed by atoms with van der Waals surface area (Å²) in [4.78, 5) is 23.6. The maximum atomic E-state index is 11.8. The molecule has 0 aliphatic carbocycles. The lowest BCUT2D eigenvalue weighted by Crippen LogP contribution is -2.14. The lowest BCUT2D eigenvalue weighted by molar-refractivity contribution is 0.102. The minimum absolute atomic E-state index is 0.317. The van der Waals surface area contributed by atoms with E-state index in [1.54, 1.807) is 25.4 Å². The molecule has 6 nitrogen and oxygen atoms in total. The molecule has 1 amide bonds. The molecule has 2 aromatic rings. The first-order valence-electron chi connectivity index (χ1n) is 5.01. The van der Waals surface area contributed by atoms with Gasteiger partial charge in [-0.2, -0.15) is 0 Å². The topological polar surface area (TPSA) is 79.8 Å². The molecule has 2 heterocycles. The summed E-state index contributed by atoms with van der Waals surface area (Å²) in [7, 11) is 1.78. The largest absolute Gasteiger partial charge is 0.388 e. The molecule has 6 heteroatoms. The van der Waals surface area contributed by atoms with Crippen molar-refractivity contribution in [3.05, 3.63) is 42.6 Å². The van der Waals surface area contributed by atoms with Gasteiger partial charge in [0.1, 0.15) is 5.69 Å². The van der Waals surface area contributed by atoms with Crippen molar-refractivity contribution in [1.82, 2.24) is 15.0 Å². The van der Waals surface area contributed by atoms with Crippen LogP contribution in [0.2, 0.25) is 0 Å². The Bertz CT molecular complexity index is 514. The fourth-order valence-electron chi connectivity index (χ4n) is 1.25. The zero-order valence-corrected chi connectivity index (χ0v) is 9.21. The number of nitrogens with one attached hydrogen (secondary N) is 2. The molecule has 0 atom stereocenters. The zero-order valence-electron chi connectivity index (χ0n) is 9.21. The molecule has 0 fully saturated rings. The highest BCUT2D eigenvalue weighted by Crippen LogP contribution is 2.08. The summed E-state index contributed by atoms with van der Waals surface area (Å²) in [6.45, 7) is 0. The van der Waals surface area contributed by atoms with Crippen LogP contribution in [0.5, 0.6) is 0 Å². The molecular weight excluding hydrogens is 218 g/mol. The Morgan fingerprint density at radius 2 is 2.12 bits per heavy atom. The van der Waals surface area contributed by atoms with Crippen molar-refractivity contribution in [1.29, 1.82) is 0 Å². The van der Waals surface area contributed by atoms with E-state index < -0.39 is 0 Å². The number of carbonyl (C=O) groups excluding carboxylic acids is 1. The summed E-state index contributed by atoms with van der Waals surface area (Å²) in [5.41, 5.74) is 1.15. The van der Waals surface area contributed by atoms with Crippen LogP contribution in [0.15, 0.2) is 36.9 Å². The molecule has 2 rings (SSSR count). The molecule has 2 N–H and O–H groups in total. The molecule has 0 unspecified atom stereocenters. The second kappa shape index (κ2) is 5.02. The third-order valence-electron chi connectivity index (χ3n) is 2.09. The predicted molar refractivity (Wildman–Crippen MR) is 63.8 cm³/mol. The fourth-order valence-corrected chi connectivity index (χ4v) is 1.25. The van der Waals surface area contributed by atoms with Crippen LogP contribution in [0.4, 0.5) is 11.5 Å². The Labute approximate surface area is 98.1 Å². The van der Waals surface area contributed by atoms with E-state index in [0.717, 1.165) is 5.69 Å². The third kappa shape index (κ3) is 2.75. The minimum Gasteiger partial charge on any atom is -0.388 e. The van der Waals surface area contributed by atoms with E-state index in [2.05, 4.69) is 25.6 Å². The number of amides is 1. The van der Waals surface area contributed by atoms with E-state index in [9.17, 15) is 4.79 Å². The average molecular weight is 229 g/mol. The first kappa shape index (κ1) is 11.0. The summed E-state index contributed by atoms with van der Waals surface area (Å²) in [5, 5.41) is 5.54. The van der Waals surface area contributed by atoms with Crippen LogP contribution in [0.3, 0.4) is 0 Å². The normalized spacial score (nSPS) is 9.71. The monoisotopic (exact) mass is 229 g/mol. The minimum atomic E-state index is -0.317. The number of hydrogen-bond donors (Lipinski definition) is 2. The lowest BCUT2D eigenvalue weighted by atomic mass is 10.3. The summed E-state index contributed by atoms with van der Waals surface area (Å²) in [6.07, 6.45) is 6.08. The summed E-state index contributed by atoms with van der Waals surface area (Å²) in [5.74, 6) is 0.0803.